The monoisotopic (exact) mass is 197 g/mol. The van der Waals surface area contributed by atoms with Crippen LogP contribution in [-0.2, 0) is 0 Å². The molecule has 13 heavy (non-hydrogen) atoms. The highest BCUT2D eigenvalue weighted by atomic mass is 32.2. The molecule has 0 aliphatic carbocycles. The Bertz CT molecular complexity index is 266. The number of imidazole rings is 1. The van der Waals surface area contributed by atoms with E-state index in [2.05, 4.69) is 15.3 Å². The van der Waals surface area contributed by atoms with Crippen LogP contribution in [0, 0.1) is 6.92 Å². The molecule has 2 heterocycles. The van der Waals surface area contributed by atoms with E-state index in [4.69, 9.17) is 0 Å². The number of hydrogen-bond acceptors (Lipinski definition) is 3. The molecule has 72 valence electrons. The number of nitrogens with one attached hydrogen (secondary N) is 2. The van der Waals surface area contributed by atoms with Crippen LogP contribution in [0.15, 0.2) is 6.20 Å². The molecule has 2 N–H and O–H groups in total. The standard InChI is InChI=1S/C9H15N3S/c1-7-6-10-9(11-7)12-8-2-4-13-5-3-8/h6,8H,2-5H2,1H3,(H2,10,11,12). The summed E-state index contributed by atoms with van der Waals surface area (Å²) in [7, 11) is 0. The van der Waals surface area contributed by atoms with E-state index in [1.807, 2.05) is 24.9 Å². The Kier molecular flexibility index (Phi) is 2.78. The van der Waals surface area contributed by atoms with E-state index in [9.17, 15) is 0 Å². The van der Waals surface area contributed by atoms with Gasteiger partial charge in [0.15, 0.2) is 0 Å². The van der Waals surface area contributed by atoms with Crippen molar-refractivity contribution >= 4 is 17.7 Å². The maximum atomic E-state index is 4.24. The van der Waals surface area contributed by atoms with Crippen molar-refractivity contribution in [3.63, 3.8) is 0 Å². The summed E-state index contributed by atoms with van der Waals surface area (Å²) in [5, 5.41) is 3.42. The normalized spacial score (nSPS) is 18.8. The zero-order valence-electron chi connectivity index (χ0n) is 7.84. The summed E-state index contributed by atoms with van der Waals surface area (Å²) in [4.78, 5) is 7.43. The molecule has 1 aromatic heterocycles. The van der Waals surface area contributed by atoms with E-state index in [-0.39, 0.29) is 0 Å². The molecule has 1 fully saturated rings. The third-order valence-corrected chi connectivity index (χ3v) is 3.31. The van der Waals surface area contributed by atoms with Gasteiger partial charge in [-0.1, -0.05) is 0 Å². The van der Waals surface area contributed by atoms with Gasteiger partial charge in [0.25, 0.3) is 0 Å². The van der Waals surface area contributed by atoms with Gasteiger partial charge < -0.3 is 10.3 Å². The van der Waals surface area contributed by atoms with Gasteiger partial charge in [-0.3, -0.25) is 0 Å². The number of aryl methyl sites for hydroxylation is 1. The van der Waals surface area contributed by atoms with Crippen molar-refractivity contribution < 1.29 is 0 Å². The Hall–Kier alpha value is -0.640. The number of hydrogen-bond donors (Lipinski definition) is 2. The predicted molar refractivity (Wildman–Crippen MR) is 57.3 cm³/mol. The SMILES string of the molecule is Cc1cnc(NC2CCSCC2)[nH]1. The number of aromatic nitrogens is 2. The van der Waals surface area contributed by atoms with Crippen molar-refractivity contribution in [2.75, 3.05) is 16.8 Å². The summed E-state index contributed by atoms with van der Waals surface area (Å²) in [6, 6.07) is 0.617. The fourth-order valence-corrected chi connectivity index (χ4v) is 2.63. The van der Waals surface area contributed by atoms with Crippen molar-refractivity contribution in [1.82, 2.24) is 9.97 Å². The summed E-state index contributed by atoms with van der Waals surface area (Å²) in [6.07, 6.45) is 4.37. The molecule has 2 rings (SSSR count). The second-order valence-electron chi connectivity index (χ2n) is 3.45. The zero-order chi connectivity index (χ0) is 9.10. The number of nitrogens with zero attached hydrogens (tertiary/aromatic N) is 1. The van der Waals surface area contributed by atoms with Crippen LogP contribution >= 0.6 is 11.8 Å². The largest absolute Gasteiger partial charge is 0.353 e. The fraction of sp³-hybridized carbons (Fsp3) is 0.667. The molecule has 1 aliphatic rings. The van der Waals surface area contributed by atoms with Crippen LogP contribution in [0.3, 0.4) is 0 Å². The first kappa shape index (κ1) is 8.94. The van der Waals surface area contributed by atoms with Gasteiger partial charge in [0.1, 0.15) is 0 Å². The van der Waals surface area contributed by atoms with Crippen molar-refractivity contribution in [2.45, 2.75) is 25.8 Å². The van der Waals surface area contributed by atoms with Crippen LogP contribution in [0.2, 0.25) is 0 Å². The second-order valence-corrected chi connectivity index (χ2v) is 4.67. The topological polar surface area (TPSA) is 40.7 Å². The molecule has 4 heteroatoms. The van der Waals surface area contributed by atoms with Crippen LogP contribution in [0.25, 0.3) is 0 Å². The molecule has 1 saturated heterocycles. The van der Waals surface area contributed by atoms with Crippen LogP contribution < -0.4 is 5.32 Å². The third kappa shape index (κ3) is 2.40. The fourth-order valence-electron chi connectivity index (χ4n) is 1.52. The van der Waals surface area contributed by atoms with E-state index < -0.39 is 0 Å². The van der Waals surface area contributed by atoms with Crippen LogP contribution in [-0.4, -0.2) is 27.5 Å². The lowest BCUT2D eigenvalue weighted by molar-refractivity contribution is 0.661. The zero-order valence-corrected chi connectivity index (χ0v) is 8.66. The number of aromatic amines is 1. The van der Waals surface area contributed by atoms with E-state index in [0.29, 0.717) is 6.04 Å². The quantitative estimate of drug-likeness (QED) is 0.762. The maximum absolute atomic E-state index is 4.24. The maximum Gasteiger partial charge on any atom is 0.200 e. The van der Waals surface area contributed by atoms with Crippen LogP contribution in [0.5, 0.6) is 0 Å². The molecule has 1 aromatic rings. The van der Waals surface area contributed by atoms with Crippen LogP contribution in [0.1, 0.15) is 18.5 Å². The summed E-state index contributed by atoms with van der Waals surface area (Å²) < 4.78 is 0. The molecule has 0 radical (unpaired) electrons. The Balaban J connectivity index is 1.89. The lowest BCUT2D eigenvalue weighted by Crippen LogP contribution is -2.24. The lowest BCUT2D eigenvalue weighted by Gasteiger charge is -2.21. The van der Waals surface area contributed by atoms with Gasteiger partial charge in [-0.25, -0.2) is 4.98 Å². The van der Waals surface area contributed by atoms with Crippen molar-refractivity contribution in [2.24, 2.45) is 0 Å². The molecule has 1 aliphatic heterocycles. The van der Waals surface area contributed by atoms with Crippen molar-refractivity contribution in [1.29, 1.82) is 0 Å². The first-order valence-electron chi connectivity index (χ1n) is 4.70. The highest BCUT2D eigenvalue weighted by molar-refractivity contribution is 7.99. The Morgan fingerprint density at radius 1 is 1.54 bits per heavy atom. The number of rotatable bonds is 2. The number of H-pyrrole nitrogens is 1. The van der Waals surface area contributed by atoms with Crippen LogP contribution in [0.4, 0.5) is 5.95 Å². The van der Waals surface area contributed by atoms with Crippen molar-refractivity contribution in [3.05, 3.63) is 11.9 Å². The number of anilines is 1. The smallest absolute Gasteiger partial charge is 0.200 e. The molecule has 0 spiro atoms. The minimum Gasteiger partial charge on any atom is -0.353 e. The highest BCUT2D eigenvalue weighted by Gasteiger charge is 2.13. The van der Waals surface area contributed by atoms with Gasteiger partial charge in [-0.2, -0.15) is 11.8 Å². The average Bonchev–Trinajstić information content (AvgIpc) is 2.53. The molecule has 0 amide bonds. The molecule has 0 atom stereocenters. The van der Waals surface area contributed by atoms with E-state index in [1.54, 1.807) is 0 Å². The first-order chi connectivity index (χ1) is 6.34. The lowest BCUT2D eigenvalue weighted by atomic mass is 10.2. The Morgan fingerprint density at radius 3 is 2.92 bits per heavy atom. The van der Waals surface area contributed by atoms with E-state index >= 15 is 0 Å². The summed E-state index contributed by atoms with van der Waals surface area (Å²) in [6.45, 7) is 2.02. The first-order valence-corrected chi connectivity index (χ1v) is 5.86. The van der Waals surface area contributed by atoms with E-state index in [1.165, 1.54) is 24.3 Å². The molecular weight excluding hydrogens is 182 g/mol. The third-order valence-electron chi connectivity index (χ3n) is 2.27. The minimum atomic E-state index is 0.617. The summed E-state index contributed by atoms with van der Waals surface area (Å²) in [5.41, 5.74) is 1.12. The highest BCUT2D eigenvalue weighted by Crippen LogP contribution is 2.19. The van der Waals surface area contributed by atoms with Crippen molar-refractivity contribution in [3.8, 4) is 0 Å². The molecule has 0 unspecified atom stereocenters. The molecule has 0 saturated carbocycles. The molecular formula is C9H15N3S. The Morgan fingerprint density at radius 2 is 2.31 bits per heavy atom. The number of thioether (sulfide) groups is 1. The minimum absolute atomic E-state index is 0.617. The summed E-state index contributed by atoms with van der Waals surface area (Å²) in [5.74, 6) is 3.48. The van der Waals surface area contributed by atoms with E-state index in [0.717, 1.165) is 11.6 Å². The predicted octanol–water partition coefficient (Wildman–Crippen LogP) is 2.03. The second kappa shape index (κ2) is 4.05. The molecule has 0 bridgehead atoms. The van der Waals surface area contributed by atoms with Gasteiger partial charge >= 0.3 is 0 Å². The van der Waals surface area contributed by atoms with Gasteiger partial charge in [0.2, 0.25) is 5.95 Å². The van der Waals surface area contributed by atoms with Gasteiger partial charge in [-0.05, 0) is 31.3 Å². The summed E-state index contributed by atoms with van der Waals surface area (Å²) >= 11 is 2.04. The average molecular weight is 197 g/mol. The van der Waals surface area contributed by atoms with Gasteiger partial charge in [-0.15, -0.1) is 0 Å². The molecule has 3 nitrogen and oxygen atoms in total. The molecule has 0 aromatic carbocycles. The Labute approximate surface area is 82.7 Å². The van der Waals surface area contributed by atoms with Gasteiger partial charge in [0, 0.05) is 17.9 Å². The van der Waals surface area contributed by atoms with Gasteiger partial charge in [0.05, 0.1) is 0 Å².